The van der Waals surface area contributed by atoms with Gasteiger partial charge in [0.15, 0.2) is 0 Å². The summed E-state index contributed by atoms with van der Waals surface area (Å²) in [7, 11) is 1.84. The molecule has 0 radical (unpaired) electrons. The van der Waals surface area contributed by atoms with Gasteiger partial charge in [0.05, 0.1) is 17.3 Å². The van der Waals surface area contributed by atoms with Gasteiger partial charge in [0.1, 0.15) is 0 Å². The highest BCUT2D eigenvalue weighted by Gasteiger charge is 2.19. The van der Waals surface area contributed by atoms with Crippen LogP contribution in [0.1, 0.15) is 40.3 Å². The summed E-state index contributed by atoms with van der Waals surface area (Å²) in [6.07, 6.45) is 0. The molecule has 0 saturated carbocycles. The van der Waals surface area contributed by atoms with Crippen molar-refractivity contribution in [3.05, 3.63) is 51.3 Å². The molecule has 1 unspecified atom stereocenters. The summed E-state index contributed by atoms with van der Waals surface area (Å²) in [5.74, 6) is -0.0801. The van der Waals surface area contributed by atoms with Crippen LogP contribution in [-0.4, -0.2) is 15.7 Å². The Hall–Kier alpha value is -1.62. The fourth-order valence-electron chi connectivity index (χ4n) is 2.21. The second-order valence-corrected chi connectivity index (χ2v) is 5.83. The minimum atomic E-state index is -0.0801. The van der Waals surface area contributed by atoms with Gasteiger partial charge in [-0.1, -0.05) is 28.1 Å². The third-order valence-electron chi connectivity index (χ3n) is 3.45. The largest absolute Gasteiger partial charge is 0.345 e. The molecule has 2 rings (SSSR count). The van der Waals surface area contributed by atoms with E-state index in [4.69, 9.17) is 0 Å². The van der Waals surface area contributed by atoms with Gasteiger partial charge in [-0.05, 0) is 38.5 Å². The predicted molar refractivity (Wildman–Crippen MR) is 82.7 cm³/mol. The number of aryl methyl sites for hydroxylation is 2. The number of nitrogens with one attached hydrogen (secondary N) is 1. The number of carbonyl (C=O) groups is 1. The van der Waals surface area contributed by atoms with E-state index >= 15 is 0 Å². The highest BCUT2D eigenvalue weighted by atomic mass is 79.9. The maximum absolute atomic E-state index is 12.4. The van der Waals surface area contributed by atoms with Crippen molar-refractivity contribution >= 4 is 21.8 Å². The maximum atomic E-state index is 12.4. The summed E-state index contributed by atoms with van der Waals surface area (Å²) in [4.78, 5) is 12.4. The van der Waals surface area contributed by atoms with Crippen LogP contribution in [0.2, 0.25) is 0 Å². The van der Waals surface area contributed by atoms with Gasteiger partial charge in [0.25, 0.3) is 5.91 Å². The van der Waals surface area contributed by atoms with E-state index in [9.17, 15) is 4.79 Å². The zero-order chi connectivity index (χ0) is 14.9. The van der Waals surface area contributed by atoms with Crippen molar-refractivity contribution in [1.29, 1.82) is 0 Å². The Kier molecular flexibility index (Phi) is 4.28. The molecular formula is C15H18BrN3O. The van der Waals surface area contributed by atoms with Gasteiger partial charge in [-0.15, -0.1) is 0 Å². The Morgan fingerprint density at radius 1 is 1.30 bits per heavy atom. The molecule has 1 N–H and O–H groups in total. The van der Waals surface area contributed by atoms with E-state index in [-0.39, 0.29) is 11.9 Å². The van der Waals surface area contributed by atoms with E-state index < -0.39 is 0 Å². The van der Waals surface area contributed by atoms with Gasteiger partial charge in [0.2, 0.25) is 0 Å². The van der Waals surface area contributed by atoms with E-state index in [0.717, 1.165) is 21.4 Å². The number of carbonyl (C=O) groups excluding carboxylic acids is 1. The predicted octanol–water partition coefficient (Wildman–Crippen LogP) is 3.29. The van der Waals surface area contributed by atoms with Crippen LogP contribution < -0.4 is 5.32 Å². The van der Waals surface area contributed by atoms with Crippen molar-refractivity contribution in [2.45, 2.75) is 26.8 Å². The Bertz CT molecular complexity index is 631. The van der Waals surface area contributed by atoms with Crippen LogP contribution in [0.5, 0.6) is 0 Å². The van der Waals surface area contributed by atoms with E-state index in [1.165, 1.54) is 0 Å². The summed E-state index contributed by atoms with van der Waals surface area (Å²) < 4.78 is 2.76. The Morgan fingerprint density at radius 2 is 1.90 bits per heavy atom. The SMILES string of the molecule is Cc1nn(C)c(C)c1C(=O)NC(C)c1ccc(Br)cc1. The summed E-state index contributed by atoms with van der Waals surface area (Å²) in [6.45, 7) is 5.73. The normalized spacial score (nSPS) is 12.2. The van der Waals surface area contributed by atoms with Gasteiger partial charge in [0, 0.05) is 17.2 Å². The molecule has 1 aromatic carbocycles. The van der Waals surface area contributed by atoms with E-state index in [2.05, 4.69) is 26.3 Å². The summed E-state index contributed by atoms with van der Waals surface area (Å²) in [5, 5.41) is 7.29. The molecule has 20 heavy (non-hydrogen) atoms. The molecule has 1 amide bonds. The van der Waals surface area contributed by atoms with Gasteiger partial charge < -0.3 is 5.32 Å². The highest BCUT2D eigenvalue weighted by molar-refractivity contribution is 9.10. The van der Waals surface area contributed by atoms with Crippen LogP contribution in [-0.2, 0) is 7.05 Å². The molecule has 0 aliphatic heterocycles. The number of hydrogen-bond donors (Lipinski definition) is 1. The van der Waals surface area contributed by atoms with Crippen molar-refractivity contribution in [3.8, 4) is 0 Å². The number of amides is 1. The standard InChI is InChI=1S/C15H18BrN3O/c1-9(12-5-7-13(16)8-6-12)17-15(20)14-10(2)18-19(4)11(14)3/h5-9H,1-4H3,(H,17,20). The van der Waals surface area contributed by atoms with Crippen LogP contribution in [0.25, 0.3) is 0 Å². The summed E-state index contributed by atoms with van der Waals surface area (Å²) in [5.41, 5.74) is 3.37. The van der Waals surface area contributed by atoms with Crippen molar-refractivity contribution < 1.29 is 4.79 Å². The van der Waals surface area contributed by atoms with Crippen molar-refractivity contribution in [2.24, 2.45) is 7.05 Å². The summed E-state index contributed by atoms with van der Waals surface area (Å²) in [6, 6.07) is 7.89. The van der Waals surface area contributed by atoms with Gasteiger partial charge >= 0.3 is 0 Å². The Labute approximate surface area is 127 Å². The number of nitrogens with zero attached hydrogens (tertiary/aromatic N) is 2. The lowest BCUT2D eigenvalue weighted by Crippen LogP contribution is -2.27. The number of aromatic nitrogens is 2. The molecule has 0 fully saturated rings. The fourth-order valence-corrected chi connectivity index (χ4v) is 2.47. The van der Waals surface area contributed by atoms with Gasteiger partial charge in [-0.3, -0.25) is 9.48 Å². The first-order chi connectivity index (χ1) is 9.40. The number of halogens is 1. The van der Waals surface area contributed by atoms with E-state index in [1.807, 2.05) is 52.1 Å². The summed E-state index contributed by atoms with van der Waals surface area (Å²) >= 11 is 3.41. The maximum Gasteiger partial charge on any atom is 0.255 e. The first-order valence-electron chi connectivity index (χ1n) is 6.46. The van der Waals surface area contributed by atoms with E-state index in [1.54, 1.807) is 4.68 Å². The molecule has 0 aliphatic rings. The van der Waals surface area contributed by atoms with Crippen molar-refractivity contribution in [2.75, 3.05) is 0 Å². The zero-order valence-corrected chi connectivity index (χ0v) is 13.7. The van der Waals surface area contributed by atoms with E-state index in [0.29, 0.717) is 5.56 Å². The molecular weight excluding hydrogens is 318 g/mol. The third-order valence-corrected chi connectivity index (χ3v) is 3.98. The van der Waals surface area contributed by atoms with Crippen LogP contribution >= 0.6 is 15.9 Å². The van der Waals surface area contributed by atoms with Gasteiger partial charge in [-0.2, -0.15) is 5.10 Å². The molecule has 5 heteroatoms. The minimum Gasteiger partial charge on any atom is -0.345 e. The van der Waals surface area contributed by atoms with Crippen LogP contribution in [0.3, 0.4) is 0 Å². The van der Waals surface area contributed by atoms with Crippen LogP contribution in [0, 0.1) is 13.8 Å². The zero-order valence-electron chi connectivity index (χ0n) is 12.1. The molecule has 106 valence electrons. The van der Waals surface area contributed by atoms with Crippen molar-refractivity contribution in [1.82, 2.24) is 15.1 Å². The van der Waals surface area contributed by atoms with Crippen LogP contribution in [0.15, 0.2) is 28.7 Å². The average Bonchev–Trinajstić information content (AvgIpc) is 2.63. The quantitative estimate of drug-likeness (QED) is 0.935. The molecule has 4 nitrogen and oxygen atoms in total. The minimum absolute atomic E-state index is 0.0467. The second kappa shape index (κ2) is 5.79. The average molecular weight is 336 g/mol. The molecule has 0 spiro atoms. The third kappa shape index (κ3) is 2.93. The first kappa shape index (κ1) is 14.8. The van der Waals surface area contributed by atoms with Crippen molar-refractivity contribution in [3.63, 3.8) is 0 Å². The van der Waals surface area contributed by atoms with Crippen LogP contribution in [0.4, 0.5) is 0 Å². The number of hydrogen-bond acceptors (Lipinski definition) is 2. The fraction of sp³-hybridized carbons (Fsp3) is 0.333. The van der Waals surface area contributed by atoms with Gasteiger partial charge in [-0.25, -0.2) is 0 Å². The number of benzene rings is 1. The monoisotopic (exact) mass is 335 g/mol. The lowest BCUT2D eigenvalue weighted by Gasteiger charge is -2.14. The Morgan fingerprint density at radius 3 is 2.40 bits per heavy atom. The first-order valence-corrected chi connectivity index (χ1v) is 7.26. The molecule has 1 heterocycles. The molecule has 1 aromatic heterocycles. The molecule has 2 aromatic rings. The lowest BCUT2D eigenvalue weighted by atomic mass is 10.1. The molecule has 0 aliphatic carbocycles. The Balaban J connectivity index is 2.17. The smallest absolute Gasteiger partial charge is 0.255 e. The lowest BCUT2D eigenvalue weighted by molar-refractivity contribution is 0.0938. The highest BCUT2D eigenvalue weighted by Crippen LogP contribution is 2.18. The molecule has 0 bridgehead atoms. The molecule has 0 saturated heterocycles. The molecule has 1 atom stereocenters. The second-order valence-electron chi connectivity index (χ2n) is 4.92. The number of rotatable bonds is 3. The topological polar surface area (TPSA) is 46.9 Å².